The zero-order valence-corrected chi connectivity index (χ0v) is 17.3. The summed E-state index contributed by atoms with van der Waals surface area (Å²) in [7, 11) is 0. The van der Waals surface area contributed by atoms with E-state index in [1.807, 2.05) is 25.1 Å². The van der Waals surface area contributed by atoms with Gasteiger partial charge in [0.05, 0.1) is 5.69 Å². The number of imidazole rings is 1. The molecule has 0 amide bonds. The molecule has 0 radical (unpaired) electrons. The van der Waals surface area contributed by atoms with Crippen molar-refractivity contribution in [2.45, 2.75) is 25.3 Å². The van der Waals surface area contributed by atoms with Crippen LogP contribution >= 0.6 is 0 Å². The van der Waals surface area contributed by atoms with Gasteiger partial charge in [0, 0.05) is 42.6 Å². The quantitative estimate of drug-likeness (QED) is 0.552. The molecule has 156 valence electrons. The van der Waals surface area contributed by atoms with E-state index in [0.29, 0.717) is 0 Å². The van der Waals surface area contributed by atoms with Crippen molar-refractivity contribution < 1.29 is 4.39 Å². The second-order valence-corrected chi connectivity index (χ2v) is 8.57. The number of anilines is 1. The Morgan fingerprint density at radius 2 is 1.87 bits per heavy atom. The minimum Gasteiger partial charge on any atom is -0.353 e. The fourth-order valence-corrected chi connectivity index (χ4v) is 4.47. The Morgan fingerprint density at radius 3 is 2.65 bits per heavy atom. The SMILES string of the molecule is Cc1cc(-n2c(-c3ccc(F)cc3)nc3ccc(N4CCNC5(CC5)C4)nc32)ccn1. The minimum atomic E-state index is -0.265. The number of piperazine rings is 1. The number of fused-ring (bicyclic) bond motifs is 1. The van der Waals surface area contributed by atoms with Gasteiger partial charge in [-0.25, -0.2) is 14.4 Å². The van der Waals surface area contributed by atoms with Crippen LogP contribution in [0.5, 0.6) is 0 Å². The summed E-state index contributed by atoms with van der Waals surface area (Å²) in [5, 5.41) is 3.66. The zero-order chi connectivity index (χ0) is 21.0. The molecule has 6 rings (SSSR count). The molecule has 0 unspecified atom stereocenters. The lowest BCUT2D eigenvalue weighted by molar-refractivity contribution is 0.440. The van der Waals surface area contributed by atoms with Gasteiger partial charge in [0.15, 0.2) is 5.65 Å². The minimum absolute atomic E-state index is 0.265. The summed E-state index contributed by atoms with van der Waals surface area (Å²) in [4.78, 5) is 16.6. The van der Waals surface area contributed by atoms with Gasteiger partial charge < -0.3 is 10.2 Å². The van der Waals surface area contributed by atoms with Gasteiger partial charge in [-0.1, -0.05) is 0 Å². The third kappa shape index (κ3) is 3.25. The summed E-state index contributed by atoms with van der Waals surface area (Å²) in [6.45, 7) is 4.87. The van der Waals surface area contributed by atoms with Gasteiger partial charge >= 0.3 is 0 Å². The Balaban J connectivity index is 1.53. The summed E-state index contributed by atoms with van der Waals surface area (Å²) in [6, 6.07) is 14.5. The van der Waals surface area contributed by atoms with E-state index in [2.05, 4.69) is 25.8 Å². The van der Waals surface area contributed by atoms with Crippen molar-refractivity contribution in [3.05, 3.63) is 66.2 Å². The molecule has 2 aliphatic rings. The van der Waals surface area contributed by atoms with Crippen LogP contribution in [0.4, 0.5) is 10.2 Å². The Labute approximate surface area is 179 Å². The first-order valence-electron chi connectivity index (χ1n) is 10.7. The molecule has 1 aliphatic heterocycles. The predicted molar refractivity (Wildman–Crippen MR) is 119 cm³/mol. The van der Waals surface area contributed by atoms with Crippen LogP contribution in [0.25, 0.3) is 28.2 Å². The standard InChI is InChI=1S/C24H23FN6/c1-16-14-19(8-11-26-16)31-22(17-2-4-18(25)5-3-17)28-20-6-7-21(29-23(20)31)30-13-12-27-24(15-30)9-10-24/h2-8,11,14,27H,9-10,12-13,15H2,1H3. The highest BCUT2D eigenvalue weighted by Crippen LogP contribution is 2.39. The van der Waals surface area contributed by atoms with Crippen molar-refractivity contribution in [1.29, 1.82) is 0 Å². The van der Waals surface area contributed by atoms with Gasteiger partial charge in [-0.3, -0.25) is 9.55 Å². The predicted octanol–water partition coefficient (Wildman–Crippen LogP) is 3.87. The van der Waals surface area contributed by atoms with Crippen molar-refractivity contribution in [2.75, 3.05) is 24.5 Å². The molecule has 4 heterocycles. The maximum atomic E-state index is 13.6. The van der Waals surface area contributed by atoms with E-state index in [-0.39, 0.29) is 11.4 Å². The van der Waals surface area contributed by atoms with Crippen molar-refractivity contribution in [3.8, 4) is 17.1 Å². The second kappa shape index (κ2) is 6.85. The molecule has 1 aromatic carbocycles. The van der Waals surface area contributed by atoms with Gasteiger partial charge in [-0.15, -0.1) is 0 Å². The number of rotatable bonds is 3. The van der Waals surface area contributed by atoms with Crippen LogP contribution in [-0.2, 0) is 0 Å². The van der Waals surface area contributed by atoms with Crippen LogP contribution in [0.15, 0.2) is 54.7 Å². The average Bonchev–Trinajstić information content (AvgIpc) is 3.40. The zero-order valence-electron chi connectivity index (χ0n) is 17.3. The van der Waals surface area contributed by atoms with E-state index in [0.717, 1.165) is 59.4 Å². The molecule has 3 aromatic heterocycles. The molecule has 0 bridgehead atoms. The summed E-state index contributed by atoms with van der Waals surface area (Å²) in [6.07, 6.45) is 4.26. The molecular formula is C24H23FN6. The highest BCUT2D eigenvalue weighted by Gasteiger charge is 2.45. The van der Waals surface area contributed by atoms with Crippen LogP contribution < -0.4 is 10.2 Å². The summed E-state index contributed by atoms with van der Waals surface area (Å²) >= 11 is 0. The van der Waals surface area contributed by atoms with Crippen molar-refractivity contribution in [2.24, 2.45) is 0 Å². The first kappa shape index (κ1) is 18.4. The fraction of sp³-hybridized carbons (Fsp3) is 0.292. The number of hydrogen-bond acceptors (Lipinski definition) is 5. The van der Waals surface area contributed by atoms with E-state index in [9.17, 15) is 4.39 Å². The molecule has 7 heteroatoms. The number of nitrogens with zero attached hydrogens (tertiary/aromatic N) is 5. The molecule has 4 aromatic rings. The van der Waals surface area contributed by atoms with Crippen LogP contribution in [0.3, 0.4) is 0 Å². The molecule has 1 saturated heterocycles. The smallest absolute Gasteiger partial charge is 0.167 e. The molecular weight excluding hydrogens is 391 g/mol. The van der Waals surface area contributed by atoms with E-state index < -0.39 is 0 Å². The van der Waals surface area contributed by atoms with Crippen molar-refractivity contribution in [1.82, 2.24) is 24.8 Å². The third-order valence-corrected chi connectivity index (χ3v) is 6.28. The number of benzene rings is 1. The van der Waals surface area contributed by atoms with Crippen molar-refractivity contribution in [3.63, 3.8) is 0 Å². The first-order valence-corrected chi connectivity index (χ1v) is 10.7. The molecule has 6 nitrogen and oxygen atoms in total. The lowest BCUT2D eigenvalue weighted by Gasteiger charge is -2.34. The van der Waals surface area contributed by atoms with Crippen LogP contribution in [0.2, 0.25) is 0 Å². The van der Waals surface area contributed by atoms with E-state index in [1.165, 1.54) is 25.0 Å². The Kier molecular flexibility index (Phi) is 4.08. The lowest BCUT2D eigenvalue weighted by atomic mass is 10.2. The third-order valence-electron chi connectivity index (χ3n) is 6.28. The number of halogens is 1. The van der Waals surface area contributed by atoms with E-state index in [4.69, 9.17) is 9.97 Å². The number of pyridine rings is 2. The van der Waals surface area contributed by atoms with E-state index >= 15 is 0 Å². The van der Waals surface area contributed by atoms with Crippen molar-refractivity contribution >= 4 is 17.0 Å². The largest absolute Gasteiger partial charge is 0.353 e. The monoisotopic (exact) mass is 414 g/mol. The number of aromatic nitrogens is 4. The van der Waals surface area contributed by atoms with Crippen LogP contribution in [0, 0.1) is 12.7 Å². The lowest BCUT2D eigenvalue weighted by Crippen LogP contribution is -2.52. The van der Waals surface area contributed by atoms with Gasteiger partial charge in [0.1, 0.15) is 23.0 Å². The topological polar surface area (TPSA) is 58.9 Å². The van der Waals surface area contributed by atoms with Gasteiger partial charge in [0.2, 0.25) is 0 Å². The summed E-state index contributed by atoms with van der Waals surface area (Å²) in [5.41, 5.74) is 4.58. The van der Waals surface area contributed by atoms with E-state index in [1.54, 1.807) is 18.3 Å². The first-order chi connectivity index (χ1) is 15.1. The average molecular weight is 414 g/mol. The maximum absolute atomic E-state index is 13.6. The maximum Gasteiger partial charge on any atom is 0.167 e. The molecule has 31 heavy (non-hydrogen) atoms. The Morgan fingerprint density at radius 1 is 1.03 bits per heavy atom. The highest BCUT2D eigenvalue weighted by atomic mass is 19.1. The second-order valence-electron chi connectivity index (χ2n) is 8.57. The normalized spacial score (nSPS) is 17.4. The molecule has 0 atom stereocenters. The number of hydrogen-bond donors (Lipinski definition) is 1. The number of nitrogens with one attached hydrogen (secondary N) is 1. The number of aryl methyl sites for hydroxylation is 1. The summed E-state index contributed by atoms with van der Waals surface area (Å²) < 4.78 is 15.6. The Bertz CT molecular complexity index is 1280. The molecule has 1 aliphatic carbocycles. The molecule has 1 spiro atoms. The van der Waals surface area contributed by atoms with Gasteiger partial charge in [-0.2, -0.15) is 0 Å². The van der Waals surface area contributed by atoms with Gasteiger partial charge in [-0.05, 0) is 68.3 Å². The highest BCUT2D eigenvalue weighted by molar-refractivity contribution is 5.81. The van der Waals surface area contributed by atoms with Crippen LogP contribution in [0.1, 0.15) is 18.5 Å². The molecule has 1 saturated carbocycles. The summed E-state index contributed by atoms with van der Waals surface area (Å²) in [5.74, 6) is 1.45. The van der Waals surface area contributed by atoms with Crippen LogP contribution in [-0.4, -0.2) is 44.7 Å². The Hall–Kier alpha value is -3.32. The van der Waals surface area contributed by atoms with Gasteiger partial charge in [0.25, 0.3) is 0 Å². The molecule has 1 N–H and O–H groups in total. The fourth-order valence-electron chi connectivity index (χ4n) is 4.47. The molecule has 2 fully saturated rings.